The highest BCUT2D eigenvalue weighted by atomic mass is 32.2. The maximum absolute atomic E-state index is 12.9. The molecule has 0 radical (unpaired) electrons. The number of benzene rings is 1. The van der Waals surface area contributed by atoms with Crippen LogP contribution in [-0.2, 0) is 22.2 Å². The fourth-order valence-corrected chi connectivity index (χ4v) is 5.39. The fourth-order valence-electron chi connectivity index (χ4n) is 3.55. The fraction of sp³-hybridized carbons (Fsp3) is 0.400. The molecule has 0 unspecified atom stereocenters. The molecule has 0 spiro atoms. The van der Waals surface area contributed by atoms with Crippen molar-refractivity contribution in [2.75, 3.05) is 0 Å². The summed E-state index contributed by atoms with van der Waals surface area (Å²) in [5, 5.41) is 1.62. The Kier molecular flexibility index (Phi) is 6.55. The number of rotatable bonds is 4. The van der Waals surface area contributed by atoms with E-state index in [1.54, 1.807) is 0 Å². The summed E-state index contributed by atoms with van der Waals surface area (Å²) in [6, 6.07) is 4.39. The van der Waals surface area contributed by atoms with E-state index in [9.17, 15) is 39.6 Å². The average molecular weight is 480 g/mol. The van der Waals surface area contributed by atoms with Crippen LogP contribution in [0.15, 0.2) is 47.5 Å². The Morgan fingerprint density at radius 1 is 0.906 bits per heavy atom. The van der Waals surface area contributed by atoms with E-state index in [1.165, 1.54) is 0 Å². The molecule has 1 aliphatic carbocycles. The largest absolute Gasteiger partial charge is 0.416 e. The van der Waals surface area contributed by atoms with E-state index < -0.39 is 61.1 Å². The summed E-state index contributed by atoms with van der Waals surface area (Å²) in [6.45, 7) is 0. The molecule has 1 fully saturated rings. The number of nitrogens with one attached hydrogen (secondary N) is 1. The average Bonchev–Trinajstić information content (AvgIpc) is 2.73. The van der Waals surface area contributed by atoms with Crippen LogP contribution in [0.4, 0.5) is 26.3 Å². The van der Waals surface area contributed by atoms with Crippen molar-refractivity contribution in [1.82, 2.24) is 10.3 Å². The number of hydrogen-bond acceptors (Lipinski definition) is 4. The minimum Gasteiger partial charge on any atom is -0.348 e. The molecule has 0 saturated heterocycles. The van der Waals surface area contributed by atoms with Crippen LogP contribution in [0.25, 0.3) is 0 Å². The zero-order chi connectivity index (χ0) is 23.7. The molecule has 174 valence electrons. The number of halogens is 6. The third-order valence-corrected chi connectivity index (χ3v) is 7.52. The lowest BCUT2D eigenvalue weighted by Gasteiger charge is -2.29. The van der Waals surface area contributed by atoms with Crippen molar-refractivity contribution >= 4 is 15.7 Å². The first kappa shape index (κ1) is 24.0. The summed E-state index contributed by atoms with van der Waals surface area (Å²) < 4.78 is 103. The second-order valence-electron chi connectivity index (χ2n) is 7.45. The molecule has 1 aliphatic rings. The minimum atomic E-state index is -4.68. The molecule has 32 heavy (non-hydrogen) atoms. The number of pyridine rings is 1. The second kappa shape index (κ2) is 8.72. The molecule has 1 aromatic carbocycles. The third-order valence-electron chi connectivity index (χ3n) is 5.26. The highest BCUT2D eigenvalue weighted by Crippen LogP contribution is 2.34. The lowest BCUT2D eigenvalue weighted by Crippen LogP contribution is -2.40. The van der Waals surface area contributed by atoms with Crippen LogP contribution in [0.5, 0.6) is 0 Å². The van der Waals surface area contributed by atoms with E-state index >= 15 is 0 Å². The highest BCUT2D eigenvalue weighted by Gasteiger charge is 2.36. The van der Waals surface area contributed by atoms with E-state index in [-0.39, 0.29) is 25.7 Å². The molecule has 0 aliphatic heterocycles. The first-order chi connectivity index (χ1) is 14.8. The standard InChI is InChI=1S/C20H18F6N2O3S/c21-19(22,23)12-2-1-3-16(10-12)32(30,31)15-6-4-14(5-7-15)28-18(29)17-11-13(8-9-27-17)20(24,25)26/h1-3,8-11,14-15H,4-7H2,(H,28,29)/t14-,15+. The van der Waals surface area contributed by atoms with Gasteiger partial charge in [-0.1, -0.05) is 6.07 Å². The third kappa shape index (κ3) is 5.40. The number of carbonyl (C=O) groups is 1. The van der Waals surface area contributed by atoms with Gasteiger partial charge in [-0.2, -0.15) is 26.3 Å². The van der Waals surface area contributed by atoms with E-state index in [4.69, 9.17) is 0 Å². The lowest BCUT2D eigenvalue weighted by molar-refractivity contribution is -0.138. The van der Waals surface area contributed by atoms with Crippen LogP contribution in [0.2, 0.25) is 0 Å². The van der Waals surface area contributed by atoms with Crippen LogP contribution < -0.4 is 5.32 Å². The predicted octanol–water partition coefficient (Wildman–Crippen LogP) is 4.63. The Morgan fingerprint density at radius 3 is 2.09 bits per heavy atom. The van der Waals surface area contributed by atoms with Crippen molar-refractivity contribution in [2.45, 2.75) is 54.2 Å². The number of carbonyl (C=O) groups excluding carboxylic acids is 1. The lowest BCUT2D eigenvalue weighted by atomic mass is 9.95. The first-order valence-corrected chi connectivity index (χ1v) is 11.1. The Labute approximate surface area is 179 Å². The Bertz CT molecular complexity index is 1090. The molecule has 1 N–H and O–H groups in total. The van der Waals surface area contributed by atoms with Gasteiger partial charge in [0, 0.05) is 12.2 Å². The van der Waals surface area contributed by atoms with Crippen LogP contribution in [0.1, 0.15) is 47.3 Å². The van der Waals surface area contributed by atoms with Gasteiger partial charge in [0.1, 0.15) is 5.69 Å². The molecule has 5 nitrogen and oxygen atoms in total. The topological polar surface area (TPSA) is 76.1 Å². The van der Waals surface area contributed by atoms with Crippen molar-refractivity contribution in [3.8, 4) is 0 Å². The van der Waals surface area contributed by atoms with Gasteiger partial charge in [0.25, 0.3) is 5.91 Å². The number of amides is 1. The highest BCUT2D eigenvalue weighted by molar-refractivity contribution is 7.92. The second-order valence-corrected chi connectivity index (χ2v) is 9.67. The summed E-state index contributed by atoms with van der Waals surface area (Å²) in [5.41, 5.74) is -2.50. The number of sulfone groups is 1. The minimum absolute atomic E-state index is 0.0829. The van der Waals surface area contributed by atoms with Gasteiger partial charge in [-0.25, -0.2) is 8.42 Å². The Hall–Kier alpha value is -2.63. The summed E-state index contributed by atoms with van der Waals surface area (Å²) in [7, 11) is -4.02. The summed E-state index contributed by atoms with van der Waals surface area (Å²) in [6.07, 6.45) is -7.87. The zero-order valence-corrected chi connectivity index (χ0v) is 17.2. The maximum Gasteiger partial charge on any atom is 0.416 e. The van der Waals surface area contributed by atoms with Crippen LogP contribution >= 0.6 is 0 Å². The van der Waals surface area contributed by atoms with Crippen molar-refractivity contribution in [3.63, 3.8) is 0 Å². The van der Waals surface area contributed by atoms with E-state index in [2.05, 4.69) is 10.3 Å². The molecule has 1 aromatic heterocycles. The van der Waals surface area contributed by atoms with Crippen molar-refractivity contribution in [1.29, 1.82) is 0 Å². The molecule has 3 rings (SSSR count). The van der Waals surface area contributed by atoms with Gasteiger partial charge in [-0.05, 0) is 56.0 Å². The molecule has 2 aromatic rings. The van der Waals surface area contributed by atoms with E-state index in [0.29, 0.717) is 12.1 Å². The molecule has 1 amide bonds. The van der Waals surface area contributed by atoms with Gasteiger partial charge in [0.2, 0.25) is 0 Å². The Balaban J connectivity index is 1.65. The number of alkyl halides is 6. The molecular formula is C20H18F6N2O3S. The zero-order valence-electron chi connectivity index (χ0n) is 16.4. The molecule has 1 saturated carbocycles. The van der Waals surface area contributed by atoms with E-state index in [0.717, 1.165) is 30.5 Å². The van der Waals surface area contributed by atoms with Gasteiger partial charge in [-0.15, -0.1) is 0 Å². The number of hydrogen-bond donors (Lipinski definition) is 1. The quantitative estimate of drug-likeness (QED) is 0.648. The smallest absolute Gasteiger partial charge is 0.348 e. The summed E-state index contributed by atoms with van der Waals surface area (Å²) in [5.74, 6) is -0.819. The van der Waals surface area contributed by atoms with Crippen molar-refractivity contribution in [3.05, 3.63) is 59.4 Å². The molecule has 0 bridgehead atoms. The molecule has 1 heterocycles. The van der Waals surface area contributed by atoms with Gasteiger partial charge < -0.3 is 5.32 Å². The summed E-state index contributed by atoms with van der Waals surface area (Å²) in [4.78, 5) is 15.5. The SMILES string of the molecule is O=C(N[C@H]1CC[C@@H](S(=O)(=O)c2cccc(C(F)(F)F)c2)CC1)c1cc(C(F)(F)F)ccn1. The first-order valence-electron chi connectivity index (χ1n) is 9.54. The number of nitrogens with zero attached hydrogens (tertiary/aromatic N) is 1. The normalized spacial score (nSPS) is 20.1. The monoisotopic (exact) mass is 480 g/mol. The van der Waals surface area contributed by atoms with Crippen molar-refractivity contribution in [2.24, 2.45) is 0 Å². The molecular weight excluding hydrogens is 462 g/mol. The number of aromatic nitrogens is 1. The molecule has 0 atom stereocenters. The van der Waals surface area contributed by atoms with Gasteiger partial charge in [-0.3, -0.25) is 9.78 Å². The predicted molar refractivity (Wildman–Crippen MR) is 101 cm³/mol. The maximum atomic E-state index is 12.9. The van der Waals surface area contributed by atoms with Gasteiger partial charge in [0.05, 0.1) is 21.3 Å². The van der Waals surface area contributed by atoms with Crippen LogP contribution in [0, 0.1) is 0 Å². The van der Waals surface area contributed by atoms with E-state index in [1.807, 2.05) is 0 Å². The Morgan fingerprint density at radius 2 is 1.50 bits per heavy atom. The van der Waals surface area contributed by atoms with Gasteiger partial charge >= 0.3 is 12.4 Å². The van der Waals surface area contributed by atoms with Gasteiger partial charge in [0.15, 0.2) is 9.84 Å². The summed E-state index contributed by atoms with van der Waals surface area (Å²) >= 11 is 0. The van der Waals surface area contributed by atoms with Crippen LogP contribution in [-0.4, -0.2) is 30.6 Å². The van der Waals surface area contributed by atoms with Crippen LogP contribution in [0.3, 0.4) is 0 Å². The molecule has 12 heteroatoms. The van der Waals surface area contributed by atoms with Crippen molar-refractivity contribution < 1.29 is 39.6 Å².